The lowest BCUT2D eigenvalue weighted by molar-refractivity contribution is -0.893. The van der Waals surface area contributed by atoms with E-state index >= 15 is 0 Å². The molecule has 1 amide bonds. The highest BCUT2D eigenvalue weighted by Gasteiger charge is 2.65. The van der Waals surface area contributed by atoms with E-state index in [0.717, 1.165) is 44.9 Å². The molecular formula is C32H59N2O8S+. The van der Waals surface area contributed by atoms with Gasteiger partial charge in [0.2, 0.25) is 5.91 Å². The quantitative estimate of drug-likeness (QED) is 0.108. The summed E-state index contributed by atoms with van der Waals surface area (Å²) in [7, 11) is -0.484. The number of rotatable bonds is 12. The average Bonchev–Trinajstić information content (AvgIpc) is 3.24. The Morgan fingerprint density at radius 2 is 1.74 bits per heavy atom. The molecule has 0 aliphatic heterocycles. The van der Waals surface area contributed by atoms with E-state index in [1.165, 1.54) is 0 Å². The molecule has 0 bridgehead atoms. The van der Waals surface area contributed by atoms with Crippen molar-refractivity contribution >= 4 is 16.0 Å². The van der Waals surface area contributed by atoms with Crippen LogP contribution in [0.15, 0.2) is 0 Å². The lowest BCUT2D eigenvalue weighted by Gasteiger charge is -2.63. The first-order chi connectivity index (χ1) is 19.9. The molecule has 4 aliphatic rings. The maximum atomic E-state index is 12.7. The number of hydrogen-bond acceptors (Lipinski definition) is 7. The Morgan fingerprint density at radius 1 is 1.05 bits per heavy atom. The molecule has 4 rings (SSSR count). The summed E-state index contributed by atoms with van der Waals surface area (Å²) >= 11 is 0. The smallest absolute Gasteiger partial charge is 0.267 e. The van der Waals surface area contributed by atoms with Crippen molar-refractivity contribution in [2.45, 2.75) is 109 Å². The van der Waals surface area contributed by atoms with Crippen LogP contribution in [0, 0.1) is 46.3 Å². The van der Waals surface area contributed by atoms with Gasteiger partial charge in [-0.05, 0) is 97.7 Å². The molecule has 0 radical (unpaired) electrons. The fraction of sp³-hybridized carbons (Fsp3) is 0.969. The van der Waals surface area contributed by atoms with Gasteiger partial charge in [-0.3, -0.25) is 9.35 Å². The molecule has 12 atom stereocenters. The van der Waals surface area contributed by atoms with Crippen molar-refractivity contribution in [2.75, 3.05) is 39.5 Å². The van der Waals surface area contributed by atoms with Crippen molar-refractivity contribution in [1.82, 2.24) is 5.32 Å². The third-order valence-corrected chi connectivity index (χ3v) is 13.5. The molecule has 0 heterocycles. The summed E-state index contributed by atoms with van der Waals surface area (Å²) in [5, 5.41) is 46.5. The van der Waals surface area contributed by atoms with Crippen molar-refractivity contribution in [3.63, 3.8) is 0 Å². The van der Waals surface area contributed by atoms with E-state index in [2.05, 4.69) is 26.1 Å². The van der Waals surface area contributed by atoms with Crippen LogP contribution in [0.2, 0.25) is 0 Å². The highest BCUT2D eigenvalue weighted by molar-refractivity contribution is 7.85. The first-order valence-corrected chi connectivity index (χ1v) is 18.2. The molecule has 4 aliphatic carbocycles. The zero-order chi connectivity index (χ0) is 32.0. The van der Waals surface area contributed by atoms with Crippen molar-refractivity contribution in [2.24, 2.45) is 46.3 Å². The van der Waals surface area contributed by atoms with Crippen LogP contribution in [0.4, 0.5) is 0 Å². The number of fused-ring (bicyclic) bond motifs is 5. The second-order valence-electron chi connectivity index (χ2n) is 16.0. The molecule has 0 aromatic carbocycles. The maximum absolute atomic E-state index is 12.7. The lowest BCUT2D eigenvalue weighted by atomic mass is 9.43. The predicted octanol–water partition coefficient (Wildman–Crippen LogP) is 2.20. The number of carbonyl (C=O) groups is 1. The summed E-state index contributed by atoms with van der Waals surface area (Å²) in [6, 6.07) is 0. The summed E-state index contributed by atoms with van der Waals surface area (Å²) in [5.74, 6) is 0.890. The largest absolute Gasteiger partial charge is 0.393 e. The number of likely N-dealkylation sites (N-methyl/N-ethyl adjacent to an activating group) is 1. The van der Waals surface area contributed by atoms with E-state index in [1.807, 2.05) is 14.1 Å². The summed E-state index contributed by atoms with van der Waals surface area (Å²) in [4.78, 5) is 12.7. The fourth-order valence-corrected chi connectivity index (χ4v) is 11.1. The third-order valence-electron chi connectivity index (χ3n) is 12.7. The molecule has 0 aromatic rings. The van der Waals surface area contributed by atoms with Crippen LogP contribution in [0.3, 0.4) is 0 Å². The second kappa shape index (κ2) is 13.1. The zero-order valence-corrected chi connectivity index (χ0v) is 27.8. The number of hydrogen-bond donors (Lipinski definition) is 6. The normalized spacial score (nSPS) is 41.1. The number of carbonyl (C=O) groups excluding carboxylic acids is 1. The van der Waals surface area contributed by atoms with Crippen molar-refractivity contribution in [1.29, 1.82) is 0 Å². The minimum absolute atomic E-state index is 0.00585. The first kappa shape index (κ1) is 35.0. The standard InChI is InChI=1S/C32H58N2O8S/c1-20(7-10-29(39)33-13-6-14-34(4,5)18-23(36)19-43(40,41)42)24-8-9-25-30-26(17-28(38)32(24,25)3)31(2)12-11-22(35)15-21(31)16-27(30)37/h20-28,30,35-38H,6-19H2,1-5H3,(H-,33,39,40,41,42)/p+1/t20-,21-,22-,23-,24-,25+,26+,27-,28+,30+,31+,32-/m1/s1. The van der Waals surface area contributed by atoms with Crippen LogP contribution in [0.1, 0.15) is 85.0 Å². The van der Waals surface area contributed by atoms with E-state index < -0.39 is 28.1 Å². The minimum atomic E-state index is -4.23. The van der Waals surface area contributed by atoms with Gasteiger partial charge in [0.25, 0.3) is 10.1 Å². The van der Waals surface area contributed by atoms with Crippen LogP contribution < -0.4 is 5.32 Å². The minimum Gasteiger partial charge on any atom is -0.393 e. The predicted molar refractivity (Wildman–Crippen MR) is 164 cm³/mol. The molecule has 6 N–H and O–H groups in total. The molecule has 4 fully saturated rings. The third kappa shape index (κ3) is 7.60. The van der Waals surface area contributed by atoms with E-state index in [1.54, 1.807) is 0 Å². The Morgan fingerprint density at radius 3 is 2.42 bits per heavy atom. The Bertz CT molecular complexity index is 1090. The molecule has 43 heavy (non-hydrogen) atoms. The summed E-state index contributed by atoms with van der Waals surface area (Å²) in [5.41, 5.74) is -0.222. The zero-order valence-electron chi connectivity index (χ0n) is 27.0. The van der Waals surface area contributed by atoms with Gasteiger partial charge in [0.1, 0.15) is 18.4 Å². The monoisotopic (exact) mass is 631 g/mol. The summed E-state index contributed by atoms with van der Waals surface area (Å²) in [6.45, 7) is 8.10. The molecule has 0 spiro atoms. The van der Waals surface area contributed by atoms with Gasteiger partial charge >= 0.3 is 0 Å². The Labute approximate surface area is 259 Å². The van der Waals surface area contributed by atoms with Gasteiger partial charge in [-0.25, -0.2) is 0 Å². The Hall–Kier alpha value is -0.820. The highest BCUT2D eigenvalue weighted by atomic mass is 32.2. The molecule has 0 aromatic heterocycles. The van der Waals surface area contributed by atoms with Crippen LogP contribution in [0.25, 0.3) is 0 Å². The summed E-state index contributed by atoms with van der Waals surface area (Å²) in [6.07, 6.45) is 5.56. The van der Waals surface area contributed by atoms with Crippen LogP contribution in [-0.4, -0.2) is 108 Å². The van der Waals surface area contributed by atoms with Crippen molar-refractivity contribution < 1.29 is 42.7 Å². The molecule has 250 valence electrons. The highest BCUT2D eigenvalue weighted by Crippen LogP contribution is 2.68. The number of quaternary nitrogens is 1. The molecule has 0 saturated heterocycles. The Kier molecular flexibility index (Phi) is 10.7. The van der Waals surface area contributed by atoms with Gasteiger partial charge in [-0.2, -0.15) is 8.42 Å². The topological polar surface area (TPSA) is 164 Å². The van der Waals surface area contributed by atoms with Crippen LogP contribution in [0.5, 0.6) is 0 Å². The molecule has 10 nitrogen and oxygen atoms in total. The molecular weight excluding hydrogens is 572 g/mol. The fourth-order valence-electron chi connectivity index (χ4n) is 10.5. The van der Waals surface area contributed by atoms with E-state index in [0.29, 0.717) is 48.7 Å². The first-order valence-electron chi connectivity index (χ1n) is 16.6. The average molecular weight is 632 g/mol. The maximum Gasteiger partial charge on any atom is 0.267 e. The number of nitrogens with zero attached hydrogens (tertiary/aromatic N) is 1. The van der Waals surface area contributed by atoms with Gasteiger partial charge in [0, 0.05) is 19.4 Å². The molecule has 4 saturated carbocycles. The van der Waals surface area contributed by atoms with Crippen molar-refractivity contribution in [3.05, 3.63) is 0 Å². The molecule has 11 heteroatoms. The van der Waals surface area contributed by atoms with Crippen molar-refractivity contribution in [3.8, 4) is 0 Å². The van der Waals surface area contributed by atoms with Gasteiger partial charge in [-0.1, -0.05) is 20.8 Å². The Balaban J connectivity index is 1.27. The van der Waals surface area contributed by atoms with Gasteiger partial charge in [-0.15, -0.1) is 0 Å². The van der Waals surface area contributed by atoms with E-state index in [4.69, 9.17) is 4.55 Å². The number of aliphatic hydroxyl groups is 4. The van der Waals surface area contributed by atoms with E-state index in [9.17, 15) is 33.6 Å². The number of nitrogens with one attached hydrogen (secondary N) is 1. The van der Waals surface area contributed by atoms with Gasteiger partial charge in [0.05, 0.1) is 39.0 Å². The van der Waals surface area contributed by atoms with Crippen LogP contribution in [-0.2, 0) is 14.9 Å². The van der Waals surface area contributed by atoms with Gasteiger partial charge < -0.3 is 30.2 Å². The van der Waals surface area contributed by atoms with Gasteiger partial charge in [0.15, 0.2) is 0 Å². The van der Waals surface area contributed by atoms with E-state index in [-0.39, 0.29) is 59.2 Å². The SMILES string of the molecule is C[C@H](CCC(=O)NCCC[N+](C)(C)C[C@@H](O)CS(=O)(=O)O)[C@H]1CC[C@H]2[C@@H]3[C@H](O)C[C@H]4C[C@H](O)CC[C@]4(C)[C@H]3C[C@H](O)[C@]12C. The number of amides is 1. The van der Waals surface area contributed by atoms with Crippen LogP contribution >= 0.6 is 0 Å². The number of aliphatic hydroxyl groups excluding tert-OH is 4. The summed E-state index contributed by atoms with van der Waals surface area (Å²) < 4.78 is 31.3. The lowest BCUT2D eigenvalue weighted by Crippen LogP contribution is -2.62. The molecule has 0 unspecified atom stereocenters. The second-order valence-corrected chi connectivity index (χ2v) is 17.5.